The molecule has 2 heterocycles. The minimum Gasteiger partial charge on any atom is -0.341 e. The highest BCUT2D eigenvalue weighted by Crippen LogP contribution is 2.41. The second-order valence-corrected chi connectivity index (χ2v) is 8.31. The van der Waals surface area contributed by atoms with Gasteiger partial charge in [0.25, 0.3) is 5.91 Å². The fourth-order valence-electron chi connectivity index (χ4n) is 4.51. The zero-order valence-electron chi connectivity index (χ0n) is 17.2. The fourth-order valence-corrected chi connectivity index (χ4v) is 4.51. The number of rotatable bonds is 4. The number of urea groups is 1. The predicted molar refractivity (Wildman–Crippen MR) is 106 cm³/mol. The third-order valence-electron chi connectivity index (χ3n) is 6.19. The molecule has 1 aliphatic carbocycles. The summed E-state index contributed by atoms with van der Waals surface area (Å²) in [6.45, 7) is 1.28. The van der Waals surface area contributed by atoms with Crippen LogP contribution < -0.4 is 5.32 Å². The summed E-state index contributed by atoms with van der Waals surface area (Å²) in [5.74, 6) is -4.38. The van der Waals surface area contributed by atoms with Gasteiger partial charge in [0.1, 0.15) is 11.4 Å². The Bertz CT molecular complexity index is 1080. The van der Waals surface area contributed by atoms with Crippen molar-refractivity contribution in [3.05, 3.63) is 47.4 Å². The molecule has 2 aliphatic rings. The Morgan fingerprint density at radius 3 is 2.45 bits per heavy atom. The van der Waals surface area contributed by atoms with E-state index in [1.54, 1.807) is 36.7 Å². The van der Waals surface area contributed by atoms with Gasteiger partial charge >= 0.3 is 6.03 Å². The largest absolute Gasteiger partial charge is 0.341 e. The Balaban J connectivity index is 1.56. The topological polar surface area (TPSA) is 71.4 Å². The summed E-state index contributed by atoms with van der Waals surface area (Å²) in [6.07, 6.45) is -1.31. The molecule has 1 spiro atoms. The fraction of sp³-hybridized carbons (Fsp3) is 0.409. The average Bonchev–Trinajstić information content (AvgIpc) is 3.12. The Kier molecular flexibility index (Phi) is 4.94. The number of benzene rings is 1. The maximum Gasteiger partial charge on any atom is 0.325 e. The van der Waals surface area contributed by atoms with Crippen molar-refractivity contribution in [1.82, 2.24) is 14.8 Å². The van der Waals surface area contributed by atoms with E-state index < -0.39 is 54.4 Å². The normalized spacial score (nSPS) is 19.7. The molecule has 1 saturated carbocycles. The molecule has 164 valence electrons. The first-order chi connectivity index (χ1) is 14.5. The zero-order chi connectivity index (χ0) is 22.6. The van der Waals surface area contributed by atoms with Crippen molar-refractivity contribution in [3.8, 4) is 11.3 Å². The molecule has 0 bridgehead atoms. The number of hydrogen-bond donors (Lipinski definition) is 1. The standard InChI is InChI=1S/C22H22F3N3O3/c1-13-10-16(27(2)18(13)14-4-3-5-15(23)11-14)17(29)12-28-19(30)21(26-20(28)31)6-8-22(24,25)9-7-21/h3-5,10-11H,6-9,12H2,1-2H3,(H,26,31). The summed E-state index contributed by atoms with van der Waals surface area (Å²) < 4.78 is 42.3. The second kappa shape index (κ2) is 7.25. The van der Waals surface area contributed by atoms with Gasteiger partial charge in [-0.15, -0.1) is 0 Å². The number of Topliss-reactive ketones (excluding diaryl/α,β-unsaturated/α-hetero) is 1. The average molecular weight is 433 g/mol. The minimum atomic E-state index is -2.85. The third-order valence-corrected chi connectivity index (χ3v) is 6.19. The Morgan fingerprint density at radius 2 is 1.81 bits per heavy atom. The zero-order valence-corrected chi connectivity index (χ0v) is 17.2. The minimum absolute atomic E-state index is 0.164. The van der Waals surface area contributed by atoms with E-state index in [1.807, 2.05) is 0 Å². The van der Waals surface area contributed by atoms with E-state index in [2.05, 4.69) is 5.32 Å². The molecule has 1 aliphatic heterocycles. The molecule has 6 nitrogen and oxygen atoms in total. The molecule has 2 fully saturated rings. The second-order valence-electron chi connectivity index (χ2n) is 8.31. The van der Waals surface area contributed by atoms with Gasteiger partial charge < -0.3 is 9.88 Å². The number of carbonyl (C=O) groups is 3. The van der Waals surface area contributed by atoms with Crippen LogP contribution in [0.1, 0.15) is 41.7 Å². The molecule has 4 rings (SSSR count). The van der Waals surface area contributed by atoms with E-state index in [0.717, 1.165) is 10.5 Å². The number of alkyl halides is 2. The summed E-state index contributed by atoms with van der Waals surface area (Å²) in [4.78, 5) is 39.1. The van der Waals surface area contributed by atoms with Crippen molar-refractivity contribution >= 4 is 17.7 Å². The number of aryl methyl sites for hydroxylation is 1. The van der Waals surface area contributed by atoms with E-state index in [9.17, 15) is 27.6 Å². The van der Waals surface area contributed by atoms with Crippen LogP contribution in [0.4, 0.5) is 18.0 Å². The molecule has 1 aromatic carbocycles. The Labute approximate surface area is 177 Å². The van der Waals surface area contributed by atoms with Crippen molar-refractivity contribution in [2.45, 2.75) is 44.1 Å². The third kappa shape index (κ3) is 3.62. The van der Waals surface area contributed by atoms with Crippen LogP contribution in [0, 0.1) is 12.7 Å². The van der Waals surface area contributed by atoms with Gasteiger partial charge in [0, 0.05) is 25.5 Å². The maximum absolute atomic E-state index is 13.6. The summed E-state index contributed by atoms with van der Waals surface area (Å²) in [7, 11) is 1.65. The molecule has 0 radical (unpaired) electrons. The molecule has 9 heteroatoms. The molecule has 31 heavy (non-hydrogen) atoms. The summed E-state index contributed by atoms with van der Waals surface area (Å²) in [6, 6.07) is 6.84. The van der Waals surface area contributed by atoms with Gasteiger partial charge in [-0.05, 0) is 43.5 Å². The SMILES string of the molecule is Cc1cc(C(=O)CN2C(=O)NC3(CCC(F)(F)CC3)C2=O)n(C)c1-c1cccc(F)c1. The van der Waals surface area contributed by atoms with Crippen molar-refractivity contribution in [3.63, 3.8) is 0 Å². The summed E-state index contributed by atoms with van der Waals surface area (Å²) in [5.41, 5.74) is 0.867. The monoisotopic (exact) mass is 433 g/mol. The van der Waals surface area contributed by atoms with Crippen molar-refractivity contribution < 1.29 is 27.6 Å². The molecule has 0 atom stereocenters. The summed E-state index contributed by atoms with van der Waals surface area (Å²) >= 11 is 0. The van der Waals surface area contributed by atoms with E-state index in [-0.39, 0.29) is 18.5 Å². The molecule has 1 saturated heterocycles. The molecule has 3 amide bonds. The molecular formula is C22H22F3N3O3. The molecule has 1 N–H and O–H groups in total. The van der Waals surface area contributed by atoms with Gasteiger partial charge in [-0.25, -0.2) is 18.0 Å². The van der Waals surface area contributed by atoms with Gasteiger partial charge in [-0.2, -0.15) is 0 Å². The Morgan fingerprint density at radius 1 is 1.13 bits per heavy atom. The van der Waals surface area contributed by atoms with Gasteiger partial charge in [0.15, 0.2) is 5.78 Å². The van der Waals surface area contributed by atoms with Crippen LogP contribution >= 0.6 is 0 Å². The lowest BCUT2D eigenvalue weighted by Crippen LogP contribution is -2.51. The van der Waals surface area contributed by atoms with Gasteiger partial charge in [-0.1, -0.05) is 12.1 Å². The number of amides is 3. The van der Waals surface area contributed by atoms with E-state index in [4.69, 9.17) is 0 Å². The number of ketones is 1. The van der Waals surface area contributed by atoms with Gasteiger partial charge in [-0.3, -0.25) is 14.5 Å². The number of halogens is 3. The number of aromatic nitrogens is 1. The number of nitrogens with one attached hydrogen (secondary N) is 1. The number of carbonyl (C=O) groups excluding carboxylic acids is 3. The molecule has 0 unspecified atom stereocenters. The lowest BCUT2D eigenvalue weighted by atomic mass is 9.80. The maximum atomic E-state index is 13.6. The van der Waals surface area contributed by atoms with Crippen LogP contribution in [0.3, 0.4) is 0 Å². The van der Waals surface area contributed by atoms with Crippen LogP contribution in [0.2, 0.25) is 0 Å². The smallest absolute Gasteiger partial charge is 0.325 e. The van der Waals surface area contributed by atoms with Crippen LogP contribution in [0.15, 0.2) is 30.3 Å². The van der Waals surface area contributed by atoms with E-state index in [0.29, 0.717) is 11.3 Å². The molecule has 2 aromatic rings. The lowest BCUT2D eigenvalue weighted by Gasteiger charge is -2.34. The summed E-state index contributed by atoms with van der Waals surface area (Å²) in [5, 5.41) is 2.53. The molecule has 1 aromatic heterocycles. The number of hydrogen-bond acceptors (Lipinski definition) is 3. The quantitative estimate of drug-likeness (QED) is 0.589. The highest BCUT2D eigenvalue weighted by molar-refractivity contribution is 6.11. The highest BCUT2D eigenvalue weighted by atomic mass is 19.3. The van der Waals surface area contributed by atoms with E-state index in [1.165, 1.54) is 12.1 Å². The predicted octanol–water partition coefficient (Wildman–Crippen LogP) is 3.82. The lowest BCUT2D eigenvalue weighted by molar-refractivity contribution is -0.135. The van der Waals surface area contributed by atoms with Gasteiger partial charge in [0.2, 0.25) is 5.92 Å². The van der Waals surface area contributed by atoms with E-state index >= 15 is 0 Å². The van der Waals surface area contributed by atoms with Crippen molar-refractivity contribution in [2.24, 2.45) is 7.05 Å². The first kappa shape index (κ1) is 21.1. The van der Waals surface area contributed by atoms with Crippen LogP contribution in [0.5, 0.6) is 0 Å². The number of imide groups is 1. The number of nitrogens with zero attached hydrogens (tertiary/aromatic N) is 2. The first-order valence-corrected chi connectivity index (χ1v) is 10.0. The van der Waals surface area contributed by atoms with Crippen LogP contribution in [-0.2, 0) is 11.8 Å². The first-order valence-electron chi connectivity index (χ1n) is 10.0. The van der Waals surface area contributed by atoms with Crippen LogP contribution in [-0.4, -0.2) is 45.2 Å². The molecular weight excluding hydrogens is 411 g/mol. The van der Waals surface area contributed by atoms with Crippen LogP contribution in [0.25, 0.3) is 11.3 Å². The van der Waals surface area contributed by atoms with Crippen molar-refractivity contribution in [2.75, 3.05) is 6.54 Å². The Hall–Kier alpha value is -3.10. The van der Waals surface area contributed by atoms with Crippen molar-refractivity contribution in [1.29, 1.82) is 0 Å². The van der Waals surface area contributed by atoms with Gasteiger partial charge in [0.05, 0.1) is 17.9 Å². The highest BCUT2D eigenvalue weighted by Gasteiger charge is 2.55.